The average molecular weight is 278 g/mol. The van der Waals surface area contributed by atoms with Gasteiger partial charge in [0.05, 0.1) is 25.0 Å². The number of esters is 2. The normalized spacial score (nSPS) is 25.2. The third-order valence-corrected chi connectivity index (χ3v) is 3.57. The van der Waals surface area contributed by atoms with Crippen molar-refractivity contribution in [1.29, 1.82) is 0 Å². The van der Waals surface area contributed by atoms with Crippen molar-refractivity contribution >= 4 is 11.9 Å². The molecule has 1 fully saturated rings. The van der Waals surface area contributed by atoms with Crippen LogP contribution in [0.3, 0.4) is 0 Å². The highest BCUT2D eigenvalue weighted by atomic mass is 16.5. The summed E-state index contributed by atoms with van der Waals surface area (Å²) in [5.41, 5.74) is 0.883. The Balaban J connectivity index is 1.95. The number of aliphatic hydroxyl groups excluding tert-OH is 1. The number of hydrogen-bond acceptors (Lipinski definition) is 5. The molecule has 0 heterocycles. The molecule has 1 N–H and O–H groups in total. The van der Waals surface area contributed by atoms with Crippen molar-refractivity contribution in [3.05, 3.63) is 35.9 Å². The van der Waals surface area contributed by atoms with Crippen LogP contribution in [0.2, 0.25) is 0 Å². The Labute approximate surface area is 117 Å². The largest absolute Gasteiger partial charge is 0.469 e. The molecule has 1 aliphatic carbocycles. The van der Waals surface area contributed by atoms with Crippen molar-refractivity contribution in [2.45, 2.75) is 25.6 Å². The van der Waals surface area contributed by atoms with Crippen molar-refractivity contribution in [2.75, 3.05) is 7.11 Å². The number of rotatable bonds is 4. The molecule has 1 saturated carbocycles. The lowest BCUT2D eigenvalue weighted by Crippen LogP contribution is -2.27. The summed E-state index contributed by atoms with van der Waals surface area (Å²) < 4.78 is 9.90. The van der Waals surface area contributed by atoms with Crippen LogP contribution in [0.25, 0.3) is 0 Å². The number of aliphatic hydroxyl groups is 1. The molecule has 1 aliphatic rings. The van der Waals surface area contributed by atoms with Gasteiger partial charge in [0.1, 0.15) is 6.61 Å². The summed E-state index contributed by atoms with van der Waals surface area (Å²) in [7, 11) is 1.28. The molecule has 5 nitrogen and oxygen atoms in total. The maximum atomic E-state index is 12.1. The molecule has 0 amide bonds. The van der Waals surface area contributed by atoms with E-state index >= 15 is 0 Å². The summed E-state index contributed by atoms with van der Waals surface area (Å²) in [5, 5.41) is 9.63. The molecule has 108 valence electrons. The third-order valence-electron chi connectivity index (χ3n) is 3.57. The number of ether oxygens (including phenoxy) is 2. The minimum absolute atomic E-state index is 0.167. The molecule has 0 aromatic heterocycles. The second-order valence-electron chi connectivity index (χ2n) is 4.95. The van der Waals surface area contributed by atoms with Crippen LogP contribution in [0.4, 0.5) is 0 Å². The second-order valence-corrected chi connectivity index (χ2v) is 4.95. The van der Waals surface area contributed by atoms with E-state index in [4.69, 9.17) is 4.74 Å². The van der Waals surface area contributed by atoms with Gasteiger partial charge < -0.3 is 14.6 Å². The van der Waals surface area contributed by atoms with Gasteiger partial charge in [0.2, 0.25) is 0 Å². The molecular formula is C15H18O5. The van der Waals surface area contributed by atoms with E-state index < -0.39 is 29.9 Å². The van der Waals surface area contributed by atoms with Gasteiger partial charge in [-0.2, -0.15) is 0 Å². The van der Waals surface area contributed by atoms with E-state index in [2.05, 4.69) is 4.74 Å². The van der Waals surface area contributed by atoms with Gasteiger partial charge in [-0.3, -0.25) is 9.59 Å². The fourth-order valence-electron chi connectivity index (χ4n) is 2.52. The quantitative estimate of drug-likeness (QED) is 0.840. The standard InChI is InChI=1S/C15H18O5/c1-19-14(17)12-7-11(16)8-13(12)15(18)20-9-10-5-3-2-4-6-10/h2-6,11-13,16H,7-9H2,1H3/t11-,12+,13-/m1/s1. The molecule has 20 heavy (non-hydrogen) atoms. The summed E-state index contributed by atoms with van der Waals surface area (Å²) in [6.07, 6.45) is -0.168. The zero-order chi connectivity index (χ0) is 14.5. The van der Waals surface area contributed by atoms with E-state index in [0.717, 1.165) is 5.56 Å². The molecule has 0 radical (unpaired) electrons. The lowest BCUT2D eigenvalue weighted by Gasteiger charge is -2.15. The second kappa shape index (κ2) is 6.52. The molecule has 3 atom stereocenters. The van der Waals surface area contributed by atoms with Crippen molar-refractivity contribution in [1.82, 2.24) is 0 Å². The van der Waals surface area contributed by atoms with Crippen molar-refractivity contribution in [2.24, 2.45) is 11.8 Å². The Kier molecular flexibility index (Phi) is 4.74. The smallest absolute Gasteiger partial charge is 0.310 e. The molecular weight excluding hydrogens is 260 g/mol. The SMILES string of the molecule is COC(=O)[C@H]1C[C@@H](O)C[C@H]1C(=O)OCc1ccccc1. The predicted molar refractivity (Wildman–Crippen MR) is 70.5 cm³/mol. The van der Waals surface area contributed by atoms with Gasteiger partial charge in [0.25, 0.3) is 0 Å². The van der Waals surface area contributed by atoms with Gasteiger partial charge in [-0.25, -0.2) is 0 Å². The molecule has 0 aliphatic heterocycles. The Morgan fingerprint density at radius 3 is 2.35 bits per heavy atom. The van der Waals surface area contributed by atoms with Crippen LogP contribution in [-0.4, -0.2) is 30.3 Å². The van der Waals surface area contributed by atoms with Gasteiger partial charge in [-0.05, 0) is 18.4 Å². The molecule has 0 bridgehead atoms. The molecule has 0 spiro atoms. The average Bonchev–Trinajstić information content (AvgIpc) is 2.87. The van der Waals surface area contributed by atoms with E-state index in [1.807, 2.05) is 30.3 Å². The van der Waals surface area contributed by atoms with Crippen LogP contribution >= 0.6 is 0 Å². The molecule has 2 rings (SSSR count). The van der Waals surface area contributed by atoms with Gasteiger partial charge in [0, 0.05) is 0 Å². The highest BCUT2D eigenvalue weighted by Crippen LogP contribution is 2.34. The number of methoxy groups -OCH3 is 1. The van der Waals surface area contributed by atoms with Gasteiger partial charge in [0.15, 0.2) is 0 Å². The van der Waals surface area contributed by atoms with Crippen LogP contribution in [0.15, 0.2) is 30.3 Å². The number of carbonyl (C=O) groups excluding carboxylic acids is 2. The number of carbonyl (C=O) groups is 2. The fraction of sp³-hybridized carbons (Fsp3) is 0.467. The third kappa shape index (κ3) is 3.36. The number of hydrogen-bond donors (Lipinski definition) is 1. The van der Waals surface area contributed by atoms with Crippen LogP contribution in [-0.2, 0) is 25.7 Å². The Morgan fingerprint density at radius 1 is 1.15 bits per heavy atom. The fourth-order valence-corrected chi connectivity index (χ4v) is 2.52. The first-order chi connectivity index (χ1) is 9.61. The first kappa shape index (κ1) is 14.5. The summed E-state index contributed by atoms with van der Waals surface area (Å²) >= 11 is 0. The molecule has 1 aromatic carbocycles. The van der Waals surface area contributed by atoms with Crippen molar-refractivity contribution in [3.63, 3.8) is 0 Å². The molecule has 1 aromatic rings. The first-order valence-electron chi connectivity index (χ1n) is 6.58. The Bertz CT molecular complexity index is 470. The zero-order valence-corrected chi connectivity index (χ0v) is 11.3. The van der Waals surface area contributed by atoms with E-state index in [-0.39, 0.29) is 19.4 Å². The van der Waals surface area contributed by atoms with E-state index in [0.29, 0.717) is 0 Å². The Hall–Kier alpha value is -1.88. The first-order valence-corrected chi connectivity index (χ1v) is 6.58. The molecule has 5 heteroatoms. The summed E-state index contributed by atoms with van der Waals surface area (Å²) in [6.45, 7) is 0.167. The maximum absolute atomic E-state index is 12.1. The number of benzene rings is 1. The van der Waals surface area contributed by atoms with Gasteiger partial charge >= 0.3 is 11.9 Å². The molecule has 0 saturated heterocycles. The van der Waals surface area contributed by atoms with Crippen LogP contribution in [0.5, 0.6) is 0 Å². The minimum Gasteiger partial charge on any atom is -0.469 e. The van der Waals surface area contributed by atoms with Crippen LogP contribution < -0.4 is 0 Å². The summed E-state index contributed by atoms with van der Waals surface area (Å²) in [5.74, 6) is -2.16. The molecule has 0 unspecified atom stereocenters. The lowest BCUT2D eigenvalue weighted by molar-refractivity contribution is -0.158. The van der Waals surface area contributed by atoms with Crippen molar-refractivity contribution < 1.29 is 24.2 Å². The summed E-state index contributed by atoms with van der Waals surface area (Å²) in [6, 6.07) is 9.31. The van der Waals surface area contributed by atoms with E-state index in [9.17, 15) is 14.7 Å². The maximum Gasteiger partial charge on any atom is 0.310 e. The highest BCUT2D eigenvalue weighted by Gasteiger charge is 2.43. The van der Waals surface area contributed by atoms with Gasteiger partial charge in [-0.1, -0.05) is 30.3 Å². The minimum atomic E-state index is -0.659. The lowest BCUT2D eigenvalue weighted by atomic mass is 9.96. The van der Waals surface area contributed by atoms with Crippen LogP contribution in [0.1, 0.15) is 18.4 Å². The monoisotopic (exact) mass is 278 g/mol. The Morgan fingerprint density at radius 2 is 1.75 bits per heavy atom. The van der Waals surface area contributed by atoms with E-state index in [1.165, 1.54) is 7.11 Å². The van der Waals surface area contributed by atoms with Crippen molar-refractivity contribution in [3.8, 4) is 0 Å². The van der Waals surface area contributed by atoms with E-state index in [1.54, 1.807) is 0 Å². The predicted octanol–water partition coefficient (Wildman–Crippen LogP) is 1.29. The summed E-state index contributed by atoms with van der Waals surface area (Å²) in [4.78, 5) is 23.7. The zero-order valence-electron chi connectivity index (χ0n) is 11.3. The van der Waals surface area contributed by atoms with Crippen LogP contribution in [0, 0.1) is 11.8 Å². The van der Waals surface area contributed by atoms with Gasteiger partial charge in [-0.15, -0.1) is 0 Å². The topological polar surface area (TPSA) is 72.8 Å². The highest BCUT2D eigenvalue weighted by molar-refractivity contribution is 5.82.